The average Bonchev–Trinajstić information content (AvgIpc) is 2.75. The van der Waals surface area contributed by atoms with Gasteiger partial charge in [0.1, 0.15) is 0 Å². The van der Waals surface area contributed by atoms with Crippen LogP contribution in [0, 0.1) is 11.8 Å². The zero-order chi connectivity index (χ0) is 11.1. The smallest absolute Gasteiger partial charge is 0.317 e. The van der Waals surface area contributed by atoms with Crippen molar-refractivity contribution in [2.45, 2.75) is 38.3 Å². The predicted molar refractivity (Wildman–Crippen MR) is 62.2 cm³/mol. The van der Waals surface area contributed by atoms with E-state index in [9.17, 15) is 4.79 Å². The molecule has 0 radical (unpaired) electrons. The largest absolute Gasteiger partial charge is 0.335 e. The van der Waals surface area contributed by atoms with Crippen molar-refractivity contribution in [2.75, 3.05) is 19.6 Å². The van der Waals surface area contributed by atoms with E-state index in [0.717, 1.165) is 19.6 Å². The summed E-state index contributed by atoms with van der Waals surface area (Å²) in [5.74, 6) is 1.36. The van der Waals surface area contributed by atoms with Crippen molar-refractivity contribution >= 4 is 6.03 Å². The molecule has 2 N–H and O–H groups in total. The lowest BCUT2D eigenvalue weighted by Crippen LogP contribution is -2.49. The second-order valence-corrected chi connectivity index (χ2v) is 5.55. The number of carbonyl (C=O) groups is 1. The fourth-order valence-corrected chi connectivity index (χ4v) is 3.25. The number of nitrogens with one attached hydrogen (secondary N) is 2. The molecule has 2 amide bonds. The van der Waals surface area contributed by atoms with Crippen LogP contribution < -0.4 is 10.6 Å². The van der Waals surface area contributed by atoms with E-state index >= 15 is 0 Å². The molecule has 3 fully saturated rings. The molecule has 16 heavy (non-hydrogen) atoms. The van der Waals surface area contributed by atoms with Crippen LogP contribution in [0.3, 0.4) is 0 Å². The van der Waals surface area contributed by atoms with Gasteiger partial charge in [0, 0.05) is 31.7 Å². The van der Waals surface area contributed by atoms with E-state index in [4.69, 9.17) is 0 Å². The van der Waals surface area contributed by atoms with Gasteiger partial charge in [-0.1, -0.05) is 0 Å². The van der Waals surface area contributed by atoms with Gasteiger partial charge in [-0.2, -0.15) is 0 Å². The minimum Gasteiger partial charge on any atom is -0.335 e. The maximum absolute atomic E-state index is 12.1. The van der Waals surface area contributed by atoms with Gasteiger partial charge in [-0.15, -0.1) is 0 Å². The van der Waals surface area contributed by atoms with Gasteiger partial charge in [0.25, 0.3) is 0 Å². The molecule has 0 bridgehead atoms. The number of fused-ring (bicyclic) bond motifs is 1. The summed E-state index contributed by atoms with van der Waals surface area (Å²) in [6, 6.07) is 1.03. The molecule has 3 aliphatic rings. The minimum atomic E-state index is 0.173. The highest BCUT2D eigenvalue weighted by molar-refractivity contribution is 5.75. The Kier molecular flexibility index (Phi) is 2.54. The number of likely N-dealkylation sites (tertiary alicyclic amines) is 1. The van der Waals surface area contributed by atoms with E-state index in [1.165, 1.54) is 19.3 Å². The van der Waals surface area contributed by atoms with E-state index in [1.54, 1.807) is 0 Å². The van der Waals surface area contributed by atoms with E-state index in [0.29, 0.717) is 23.9 Å². The number of hydrogen-bond acceptors (Lipinski definition) is 2. The van der Waals surface area contributed by atoms with Gasteiger partial charge in [-0.25, -0.2) is 4.79 Å². The van der Waals surface area contributed by atoms with Crippen LogP contribution in [0.15, 0.2) is 0 Å². The first-order chi connectivity index (χ1) is 7.75. The van der Waals surface area contributed by atoms with E-state index in [1.807, 2.05) is 0 Å². The third-order valence-corrected chi connectivity index (χ3v) is 4.63. The molecular weight excluding hydrogens is 202 g/mol. The summed E-state index contributed by atoms with van der Waals surface area (Å²) in [6.45, 7) is 5.30. The van der Waals surface area contributed by atoms with Crippen molar-refractivity contribution in [3.63, 3.8) is 0 Å². The molecule has 3 rings (SSSR count). The van der Waals surface area contributed by atoms with Gasteiger partial charge in [0.15, 0.2) is 0 Å². The topological polar surface area (TPSA) is 44.4 Å². The van der Waals surface area contributed by atoms with E-state index in [2.05, 4.69) is 22.5 Å². The number of nitrogens with zero attached hydrogens (tertiary/aromatic N) is 1. The molecule has 2 saturated heterocycles. The van der Waals surface area contributed by atoms with Gasteiger partial charge >= 0.3 is 6.03 Å². The van der Waals surface area contributed by atoms with Gasteiger partial charge in [-0.05, 0) is 38.0 Å². The van der Waals surface area contributed by atoms with Crippen LogP contribution in [0.2, 0.25) is 0 Å². The summed E-state index contributed by atoms with van der Waals surface area (Å²) in [6.07, 6.45) is 3.61. The average molecular weight is 223 g/mol. The molecule has 0 spiro atoms. The van der Waals surface area contributed by atoms with Crippen molar-refractivity contribution in [3.8, 4) is 0 Å². The lowest BCUT2D eigenvalue weighted by Gasteiger charge is -2.31. The predicted octanol–water partition coefficient (Wildman–Crippen LogP) is 0.788. The molecule has 4 heteroatoms. The van der Waals surface area contributed by atoms with Gasteiger partial charge in [-0.3, -0.25) is 0 Å². The number of amides is 2. The maximum Gasteiger partial charge on any atom is 0.317 e. The molecule has 0 aromatic rings. The Hall–Kier alpha value is -0.770. The van der Waals surface area contributed by atoms with Gasteiger partial charge < -0.3 is 15.5 Å². The molecule has 1 saturated carbocycles. The van der Waals surface area contributed by atoms with Crippen LogP contribution in [-0.2, 0) is 0 Å². The Morgan fingerprint density at radius 1 is 1.38 bits per heavy atom. The highest BCUT2D eigenvalue weighted by Gasteiger charge is 2.44. The second kappa shape index (κ2) is 3.91. The monoisotopic (exact) mass is 223 g/mol. The molecule has 1 aliphatic carbocycles. The van der Waals surface area contributed by atoms with Crippen LogP contribution in [0.25, 0.3) is 0 Å². The zero-order valence-corrected chi connectivity index (χ0v) is 9.91. The first kappa shape index (κ1) is 10.4. The number of hydrogen-bond donors (Lipinski definition) is 2. The Morgan fingerprint density at radius 2 is 2.19 bits per heavy atom. The minimum absolute atomic E-state index is 0.173. The molecule has 4 nitrogen and oxygen atoms in total. The summed E-state index contributed by atoms with van der Waals surface area (Å²) in [5.41, 5.74) is 0. The summed E-state index contributed by atoms with van der Waals surface area (Å²) in [7, 11) is 0. The quantitative estimate of drug-likeness (QED) is 0.690. The summed E-state index contributed by atoms with van der Waals surface area (Å²) >= 11 is 0. The molecule has 3 unspecified atom stereocenters. The Labute approximate surface area is 96.8 Å². The highest BCUT2D eigenvalue weighted by Crippen LogP contribution is 2.32. The summed E-state index contributed by atoms with van der Waals surface area (Å²) in [4.78, 5) is 14.1. The molecule has 0 aromatic carbocycles. The van der Waals surface area contributed by atoms with Crippen LogP contribution >= 0.6 is 0 Å². The lowest BCUT2D eigenvalue weighted by atomic mass is 9.93. The summed E-state index contributed by atoms with van der Waals surface area (Å²) < 4.78 is 0. The number of rotatable bonds is 1. The SMILES string of the molecule is CC1C2CNCC2CN1C(=O)NC1CCC1. The fraction of sp³-hybridized carbons (Fsp3) is 0.917. The lowest BCUT2D eigenvalue weighted by molar-refractivity contribution is 0.178. The van der Waals surface area contributed by atoms with Crippen LogP contribution in [-0.4, -0.2) is 42.6 Å². The Morgan fingerprint density at radius 3 is 2.81 bits per heavy atom. The number of urea groups is 1. The molecule has 2 aliphatic heterocycles. The third kappa shape index (κ3) is 1.59. The summed E-state index contributed by atoms with van der Waals surface area (Å²) in [5, 5.41) is 6.56. The molecule has 2 heterocycles. The van der Waals surface area contributed by atoms with Crippen LogP contribution in [0.4, 0.5) is 4.79 Å². The molecule has 3 atom stereocenters. The first-order valence-corrected chi connectivity index (χ1v) is 6.53. The third-order valence-electron chi connectivity index (χ3n) is 4.63. The van der Waals surface area contributed by atoms with Crippen molar-refractivity contribution < 1.29 is 4.79 Å². The van der Waals surface area contributed by atoms with Gasteiger partial charge in [0.05, 0.1) is 0 Å². The second-order valence-electron chi connectivity index (χ2n) is 5.55. The first-order valence-electron chi connectivity index (χ1n) is 6.53. The van der Waals surface area contributed by atoms with Crippen LogP contribution in [0.1, 0.15) is 26.2 Å². The standard InChI is InChI=1S/C12H21N3O/c1-8-11-6-13-5-9(11)7-15(8)12(16)14-10-3-2-4-10/h8-11,13H,2-7H2,1H3,(H,14,16). The zero-order valence-electron chi connectivity index (χ0n) is 9.91. The van der Waals surface area contributed by atoms with E-state index < -0.39 is 0 Å². The molecular formula is C12H21N3O. The maximum atomic E-state index is 12.1. The van der Waals surface area contributed by atoms with Crippen LogP contribution in [0.5, 0.6) is 0 Å². The molecule has 0 aromatic heterocycles. The Bertz CT molecular complexity index is 290. The normalized spacial score (nSPS) is 38.3. The van der Waals surface area contributed by atoms with Crippen molar-refractivity contribution in [1.29, 1.82) is 0 Å². The van der Waals surface area contributed by atoms with Crippen molar-refractivity contribution in [3.05, 3.63) is 0 Å². The van der Waals surface area contributed by atoms with E-state index in [-0.39, 0.29) is 6.03 Å². The van der Waals surface area contributed by atoms with Crippen molar-refractivity contribution in [1.82, 2.24) is 15.5 Å². The number of carbonyl (C=O) groups excluding carboxylic acids is 1. The molecule has 90 valence electrons. The van der Waals surface area contributed by atoms with Crippen molar-refractivity contribution in [2.24, 2.45) is 11.8 Å². The highest BCUT2D eigenvalue weighted by atomic mass is 16.2. The Balaban J connectivity index is 1.60. The fourth-order valence-electron chi connectivity index (χ4n) is 3.25. The van der Waals surface area contributed by atoms with Gasteiger partial charge in [0.2, 0.25) is 0 Å².